The quantitative estimate of drug-likeness (QED) is 0.757. The third-order valence-corrected chi connectivity index (χ3v) is 2.27. The number of rotatable bonds is 2. The van der Waals surface area contributed by atoms with Crippen molar-refractivity contribution in [1.82, 2.24) is 0 Å². The molecule has 0 aromatic heterocycles. The predicted octanol–water partition coefficient (Wildman–Crippen LogP) is 2.21. The lowest BCUT2D eigenvalue weighted by atomic mass is 10.2. The SMILES string of the molecule is C=C1C=CC=C1C(=O)O.O=C(O)c1ccccc1O. The van der Waals surface area contributed by atoms with Crippen molar-refractivity contribution < 1.29 is 24.9 Å². The molecule has 0 saturated heterocycles. The molecule has 5 nitrogen and oxygen atoms in total. The lowest BCUT2D eigenvalue weighted by molar-refractivity contribution is -0.132. The van der Waals surface area contributed by atoms with Gasteiger partial charge in [0.05, 0.1) is 5.57 Å². The molecule has 98 valence electrons. The van der Waals surface area contributed by atoms with E-state index in [1.807, 2.05) is 0 Å². The summed E-state index contributed by atoms with van der Waals surface area (Å²) >= 11 is 0. The molecule has 3 N–H and O–H groups in total. The van der Waals surface area contributed by atoms with Gasteiger partial charge in [-0.2, -0.15) is 0 Å². The Balaban J connectivity index is 0.000000191. The van der Waals surface area contributed by atoms with E-state index in [0.717, 1.165) is 0 Å². The van der Waals surface area contributed by atoms with E-state index < -0.39 is 11.9 Å². The predicted molar refractivity (Wildman–Crippen MR) is 69.1 cm³/mol. The van der Waals surface area contributed by atoms with Gasteiger partial charge in [0.1, 0.15) is 11.3 Å². The van der Waals surface area contributed by atoms with E-state index in [0.29, 0.717) is 5.57 Å². The Morgan fingerprint density at radius 1 is 1.05 bits per heavy atom. The summed E-state index contributed by atoms with van der Waals surface area (Å²) in [6.45, 7) is 3.52. The first-order chi connectivity index (χ1) is 8.93. The Morgan fingerprint density at radius 2 is 1.68 bits per heavy atom. The number of carbonyl (C=O) groups is 2. The number of benzene rings is 1. The number of carboxylic acids is 2. The highest BCUT2D eigenvalue weighted by Crippen LogP contribution is 2.15. The van der Waals surface area contributed by atoms with Crippen LogP contribution >= 0.6 is 0 Å². The number of aliphatic carboxylic acids is 1. The summed E-state index contributed by atoms with van der Waals surface area (Å²) in [5, 5.41) is 25.7. The molecule has 1 aromatic rings. The molecule has 1 aliphatic carbocycles. The van der Waals surface area contributed by atoms with Gasteiger partial charge >= 0.3 is 11.9 Å². The number of aromatic carboxylic acids is 1. The zero-order chi connectivity index (χ0) is 14.4. The van der Waals surface area contributed by atoms with E-state index in [2.05, 4.69) is 6.58 Å². The molecule has 0 atom stereocenters. The van der Waals surface area contributed by atoms with Gasteiger partial charge in [0, 0.05) is 0 Å². The highest BCUT2D eigenvalue weighted by atomic mass is 16.4. The molecule has 0 unspecified atom stereocenters. The largest absolute Gasteiger partial charge is 0.507 e. The summed E-state index contributed by atoms with van der Waals surface area (Å²) < 4.78 is 0. The fourth-order valence-electron chi connectivity index (χ4n) is 1.32. The molecule has 1 aromatic carbocycles. The third kappa shape index (κ3) is 3.85. The molecule has 0 radical (unpaired) electrons. The van der Waals surface area contributed by atoms with Gasteiger partial charge in [-0.1, -0.05) is 30.9 Å². The summed E-state index contributed by atoms with van der Waals surface area (Å²) in [6.07, 6.45) is 4.87. The van der Waals surface area contributed by atoms with Crippen molar-refractivity contribution >= 4 is 11.9 Å². The Morgan fingerprint density at radius 3 is 2.00 bits per heavy atom. The van der Waals surface area contributed by atoms with Crippen LogP contribution in [0.4, 0.5) is 0 Å². The van der Waals surface area contributed by atoms with Crippen LogP contribution in [-0.2, 0) is 4.79 Å². The third-order valence-electron chi connectivity index (χ3n) is 2.27. The number of hydrogen-bond donors (Lipinski definition) is 3. The van der Waals surface area contributed by atoms with Crippen LogP contribution < -0.4 is 0 Å². The fourth-order valence-corrected chi connectivity index (χ4v) is 1.32. The minimum absolute atomic E-state index is 0.0671. The summed E-state index contributed by atoms with van der Waals surface area (Å²) in [6, 6.07) is 5.81. The molecule has 0 bridgehead atoms. The van der Waals surface area contributed by atoms with Crippen molar-refractivity contribution in [3.63, 3.8) is 0 Å². The topological polar surface area (TPSA) is 94.8 Å². The smallest absolute Gasteiger partial charge is 0.339 e. The number of para-hydroxylation sites is 1. The van der Waals surface area contributed by atoms with Crippen molar-refractivity contribution in [1.29, 1.82) is 0 Å². The van der Waals surface area contributed by atoms with Crippen LogP contribution in [0.1, 0.15) is 10.4 Å². The maximum atomic E-state index is 10.3. The molecule has 0 heterocycles. The van der Waals surface area contributed by atoms with E-state index in [1.165, 1.54) is 18.2 Å². The Bertz CT molecular complexity index is 581. The highest BCUT2D eigenvalue weighted by molar-refractivity contribution is 5.94. The van der Waals surface area contributed by atoms with Crippen LogP contribution in [0.15, 0.2) is 60.2 Å². The average molecular weight is 260 g/mol. The number of hydrogen-bond acceptors (Lipinski definition) is 3. The van der Waals surface area contributed by atoms with Gasteiger partial charge in [0.2, 0.25) is 0 Å². The Kier molecular flexibility index (Phi) is 4.65. The van der Waals surface area contributed by atoms with Crippen LogP contribution in [0.5, 0.6) is 5.75 Å². The molecule has 5 heteroatoms. The van der Waals surface area contributed by atoms with Crippen molar-refractivity contribution in [2.75, 3.05) is 0 Å². The normalized spacial score (nSPS) is 12.4. The van der Waals surface area contributed by atoms with Crippen LogP contribution in [0.25, 0.3) is 0 Å². The Hall–Kier alpha value is -2.82. The highest BCUT2D eigenvalue weighted by Gasteiger charge is 2.10. The van der Waals surface area contributed by atoms with E-state index >= 15 is 0 Å². The second-order valence-electron chi connectivity index (χ2n) is 3.59. The van der Waals surface area contributed by atoms with E-state index in [4.69, 9.17) is 15.3 Å². The van der Waals surface area contributed by atoms with Gasteiger partial charge in [0.15, 0.2) is 0 Å². The first kappa shape index (κ1) is 14.2. The zero-order valence-electron chi connectivity index (χ0n) is 9.91. The summed E-state index contributed by atoms with van der Waals surface area (Å²) in [5.41, 5.74) is 0.792. The second kappa shape index (κ2) is 6.20. The first-order valence-corrected chi connectivity index (χ1v) is 5.25. The summed E-state index contributed by atoms with van der Waals surface area (Å²) in [4.78, 5) is 20.5. The number of allylic oxidation sites excluding steroid dienone is 3. The van der Waals surface area contributed by atoms with E-state index in [9.17, 15) is 9.59 Å². The summed E-state index contributed by atoms with van der Waals surface area (Å²) in [7, 11) is 0. The molecule has 0 spiro atoms. The molecule has 0 amide bonds. The van der Waals surface area contributed by atoms with Gasteiger partial charge in [-0.05, 0) is 23.8 Å². The van der Waals surface area contributed by atoms with Crippen LogP contribution in [0.2, 0.25) is 0 Å². The van der Waals surface area contributed by atoms with Crippen LogP contribution in [-0.4, -0.2) is 27.3 Å². The monoisotopic (exact) mass is 260 g/mol. The molecule has 0 saturated carbocycles. The van der Waals surface area contributed by atoms with Gasteiger partial charge < -0.3 is 15.3 Å². The maximum absolute atomic E-state index is 10.3. The van der Waals surface area contributed by atoms with Crippen LogP contribution in [0, 0.1) is 0 Å². The lowest BCUT2D eigenvalue weighted by Crippen LogP contribution is -1.98. The maximum Gasteiger partial charge on any atom is 0.339 e. The minimum atomic E-state index is -1.11. The molecule has 19 heavy (non-hydrogen) atoms. The van der Waals surface area contributed by atoms with Gasteiger partial charge in [-0.15, -0.1) is 0 Å². The zero-order valence-corrected chi connectivity index (χ0v) is 9.91. The van der Waals surface area contributed by atoms with Crippen molar-refractivity contribution in [2.24, 2.45) is 0 Å². The van der Waals surface area contributed by atoms with E-state index in [-0.39, 0.29) is 16.9 Å². The fraction of sp³-hybridized carbons (Fsp3) is 0. The Labute approximate surface area is 109 Å². The van der Waals surface area contributed by atoms with Crippen molar-refractivity contribution in [3.8, 4) is 5.75 Å². The average Bonchev–Trinajstić information content (AvgIpc) is 2.76. The number of carboxylic acid groups (broad SMARTS) is 2. The first-order valence-electron chi connectivity index (χ1n) is 5.25. The van der Waals surface area contributed by atoms with Crippen molar-refractivity contribution in [3.05, 3.63) is 65.8 Å². The number of aromatic hydroxyl groups is 1. The molecule has 0 aliphatic heterocycles. The molecular formula is C14H12O5. The molecular weight excluding hydrogens is 248 g/mol. The van der Waals surface area contributed by atoms with Crippen LogP contribution in [0.3, 0.4) is 0 Å². The summed E-state index contributed by atoms with van der Waals surface area (Å²) in [5.74, 6) is -2.22. The van der Waals surface area contributed by atoms with Gasteiger partial charge in [-0.3, -0.25) is 0 Å². The van der Waals surface area contributed by atoms with Gasteiger partial charge in [0.25, 0.3) is 0 Å². The van der Waals surface area contributed by atoms with E-state index in [1.54, 1.807) is 24.3 Å². The minimum Gasteiger partial charge on any atom is -0.507 e. The number of phenols is 1. The van der Waals surface area contributed by atoms with Crippen molar-refractivity contribution in [2.45, 2.75) is 0 Å². The molecule has 0 fully saturated rings. The second-order valence-corrected chi connectivity index (χ2v) is 3.59. The molecule has 1 aliphatic rings. The molecule has 2 rings (SSSR count). The van der Waals surface area contributed by atoms with Gasteiger partial charge in [-0.25, -0.2) is 9.59 Å². The standard InChI is InChI=1S/C7H6O3.C7H6O2/c8-6-4-2-1-3-5(6)7(9)10;1-5-3-2-4-6(5)7(8)9/h1-4,8H,(H,9,10);2-4H,1H2,(H,8,9). The lowest BCUT2D eigenvalue weighted by Gasteiger charge is -1.95.